The summed E-state index contributed by atoms with van der Waals surface area (Å²) in [5, 5.41) is 0. The molecule has 19 heavy (non-hydrogen) atoms. The molecule has 1 heterocycles. The Morgan fingerprint density at radius 2 is 1.42 bits per heavy atom. The molecule has 1 aliphatic rings. The van der Waals surface area contributed by atoms with Crippen molar-refractivity contribution in [2.45, 2.75) is 47.3 Å². The molecule has 0 bridgehead atoms. The van der Waals surface area contributed by atoms with Crippen LogP contribution in [0, 0.1) is 17.8 Å². The molecule has 1 fully saturated rings. The number of ether oxygens (including phenoxy) is 2. The lowest BCUT2D eigenvalue weighted by molar-refractivity contribution is -0.350. The highest BCUT2D eigenvalue weighted by Gasteiger charge is 2.50. The van der Waals surface area contributed by atoms with Gasteiger partial charge in [0.2, 0.25) is 0 Å². The summed E-state index contributed by atoms with van der Waals surface area (Å²) < 4.78 is 12.5. The Kier molecular flexibility index (Phi) is 3.53. The van der Waals surface area contributed by atoms with Crippen LogP contribution in [-0.2, 0) is 15.3 Å². The van der Waals surface area contributed by atoms with E-state index in [1.807, 2.05) is 0 Å². The lowest BCUT2D eigenvalue weighted by atomic mass is 9.79. The summed E-state index contributed by atoms with van der Waals surface area (Å²) in [5.41, 5.74) is 2.34. The molecule has 1 aliphatic heterocycles. The molecule has 0 spiro atoms. The van der Waals surface area contributed by atoms with Crippen molar-refractivity contribution < 1.29 is 9.47 Å². The molecule has 0 aliphatic carbocycles. The highest BCUT2D eigenvalue weighted by Crippen LogP contribution is 2.48. The zero-order valence-corrected chi connectivity index (χ0v) is 13.0. The number of rotatable bonds is 1. The van der Waals surface area contributed by atoms with Crippen molar-refractivity contribution in [1.29, 1.82) is 0 Å². The second-order valence-electron chi connectivity index (χ2n) is 7.47. The van der Waals surface area contributed by atoms with E-state index in [0.717, 1.165) is 18.8 Å². The molecule has 106 valence electrons. The Hall–Kier alpha value is -0.860. The Labute approximate surface area is 117 Å². The number of hydrogen-bond donors (Lipinski definition) is 0. The van der Waals surface area contributed by atoms with Gasteiger partial charge in [0.05, 0.1) is 13.2 Å². The SMILES string of the molecule is Cc1ccc(C2(C(C)(C)C)OCC(C)(C)CO2)cc1. The Bertz CT molecular complexity index is 427. The smallest absolute Gasteiger partial charge is 0.199 e. The van der Waals surface area contributed by atoms with E-state index in [0.29, 0.717) is 0 Å². The molecule has 1 aromatic rings. The third-order valence-electron chi connectivity index (χ3n) is 3.75. The van der Waals surface area contributed by atoms with Crippen LogP contribution in [0.2, 0.25) is 0 Å². The van der Waals surface area contributed by atoms with Gasteiger partial charge in [-0.3, -0.25) is 0 Å². The minimum absolute atomic E-state index is 0.0828. The molecular formula is C17H26O2. The summed E-state index contributed by atoms with van der Waals surface area (Å²) in [6.07, 6.45) is 0. The Morgan fingerprint density at radius 1 is 0.947 bits per heavy atom. The van der Waals surface area contributed by atoms with Crippen molar-refractivity contribution in [3.8, 4) is 0 Å². The van der Waals surface area contributed by atoms with Gasteiger partial charge in [-0.2, -0.15) is 0 Å². The summed E-state index contributed by atoms with van der Waals surface area (Å²) in [6.45, 7) is 14.4. The summed E-state index contributed by atoms with van der Waals surface area (Å²) in [7, 11) is 0. The average molecular weight is 262 g/mol. The van der Waals surface area contributed by atoms with Crippen LogP contribution in [-0.4, -0.2) is 13.2 Å². The van der Waals surface area contributed by atoms with Crippen LogP contribution in [0.15, 0.2) is 24.3 Å². The quantitative estimate of drug-likeness (QED) is 0.752. The zero-order chi connectivity index (χ0) is 14.3. The van der Waals surface area contributed by atoms with E-state index < -0.39 is 5.79 Å². The predicted octanol–water partition coefficient (Wildman–Crippen LogP) is 4.27. The van der Waals surface area contributed by atoms with E-state index in [9.17, 15) is 0 Å². The van der Waals surface area contributed by atoms with Crippen molar-refractivity contribution >= 4 is 0 Å². The van der Waals surface area contributed by atoms with Crippen LogP contribution < -0.4 is 0 Å². The maximum absolute atomic E-state index is 6.25. The van der Waals surface area contributed by atoms with Crippen LogP contribution in [0.4, 0.5) is 0 Å². The third kappa shape index (κ3) is 2.70. The lowest BCUT2D eigenvalue weighted by Gasteiger charge is -2.50. The van der Waals surface area contributed by atoms with Gasteiger partial charge in [-0.05, 0) is 6.92 Å². The maximum atomic E-state index is 6.25. The van der Waals surface area contributed by atoms with Gasteiger partial charge < -0.3 is 9.47 Å². The van der Waals surface area contributed by atoms with Crippen LogP contribution in [0.5, 0.6) is 0 Å². The molecule has 0 N–H and O–H groups in total. The molecule has 2 nitrogen and oxygen atoms in total. The fraction of sp³-hybridized carbons (Fsp3) is 0.647. The fourth-order valence-corrected chi connectivity index (χ4v) is 2.48. The van der Waals surface area contributed by atoms with Gasteiger partial charge in [0.25, 0.3) is 0 Å². The number of benzene rings is 1. The van der Waals surface area contributed by atoms with Crippen LogP contribution in [0.1, 0.15) is 45.7 Å². The first-order chi connectivity index (χ1) is 8.66. The van der Waals surface area contributed by atoms with Crippen molar-refractivity contribution in [3.05, 3.63) is 35.4 Å². The molecule has 0 radical (unpaired) electrons. The van der Waals surface area contributed by atoms with E-state index in [-0.39, 0.29) is 10.8 Å². The minimum atomic E-state index is -0.643. The molecule has 0 saturated carbocycles. The largest absolute Gasteiger partial charge is 0.345 e. The fourth-order valence-electron chi connectivity index (χ4n) is 2.48. The molecular weight excluding hydrogens is 236 g/mol. The Morgan fingerprint density at radius 3 is 1.84 bits per heavy atom. The monoisotopic (exact) mass is 262 g/mol. The van der Waals surface area contributed by atoms with Crippen molar-refractivity contribution in [2.24, 2.45) is 10.8 Å². The molecule has 0 unspecified atom stereocenters. The highest BCUT2D eigenvalue weighted by molar-refractivity contribution is 5.27. The number of aryl methyl sites for hydroxylation is 1. The molecule has 1 saturated heterocycles. The standard InChI is InChI=1S/C17H26O2/c1-13-7-9-14(10-8-13)17(15(2,3)4)18-11-16(5,6)12-19-17/h7-10H,11-12H2,1-6H3. The van der Waals surface area contributed by atoms with Gasteiger partial charge in [-0.1, -0.05) is 64.4 Å². The summed E-state index contributed by atoms with van der Waals surface area (Å²) in [6, 6.07) is 8.49. The molecule has 1 aromatic carbocycles. The molecule has 0 amide bonds. The van der Waals surface area contributed by atoms with E-state index in [1.165, 1.54) is 5.56 Å². The second kappa shape index (κ2) is 4.60. The predicted molar refractivity (Wildman–Crippen MR) is 78.0 cm³/mol. The van der Waals surface area contributed by atoms with E-state index in [1.54, 1.807) is 0 Å². The van der Waals surface area contributed by atoms with E-state index in [4.69, 9.17) is 9.47 Å². The van der Waals surface area contributed by atoms with Gasteiger partial charge in [0.1, 0.15) is 0 Å². The summed E-state index contributed by atoms with van der Waals surface area (Å²) >= 11 is 0. The summed E-state index contributed by atoms with van der Waals surface area (Å²) in [5.74, 6) is -0.643. The average Bonchev–Trinajstić information content (AvgIpc) is 2.29. The van der Waals surface area contributed by atoms with Gasteiger partial charge in [-0.25, -0.2) is 0 Å². The second-order valence-corrected chi connectivity index (χ2v) is 7.47. The molecule has 2 rings (SSSR count). The lowest BCUT2D eigenvalue weighted by Crippen LogP contribution is -2.52. The van der Waals surface area contributed by atoms with Crippen LogP contribution >= 0.6 is 0 Å². The van der Waals surface area contributed by atoms with Crippen molar-refractivity contribution in [2.75, 3.05) is 13.2 Å². The summed E-state index contributed by atoms with van der Waals surface area (Å²) in [4.78, 5) is 0. The molecule has 2 heteroatoms. The third-order valence-corrected chi connectivity index (χ3v) is 3.75. The van der Waals surface area contributed by atoms with Crippen LogP contribution in [0.25, 0.3) is 0 Å². The first kappa shape index (κ1) is 14.5. The molecule has 0 aromatic heterocycles. The zero-order valence-electron chi connectivity index (χ0n) is 13.0. The molecule has 0 atom stereocenters. The number of hydrogen-bond acceptors (Lipinski definition) is 2. The minimum Gasteiger partial charge on any atom is -0.345 e. The van der Waals surface area contributed by atoms with Gasteiger partial charge in [0.15, 0.2) is 5.79 Å². The maximum Gasteiger partial charge on any atom is 0.199 e. The Balaban J connectivity index is 2.40. The first-order valence-corrected chi connectivity index (χ1v) is 7.01. The van der Waals surface area contributed by atoms with Crippen LogP contribution in [0.3, 0.4) is 0 Å². The van der Waals surface area contributed by atoms with Gasteiger partial charge in [-0.15, -0.1) is 0 Å². The topological polar surface area (TPSA) is 18.5 Å². The van der Waals surface area contributed by atoms with Crippen molar-refractivity contribution in [3.63, 3.8) is 0 Å². The highest BCUT2D eigenvalue weighted by atomic mass is 16.7. The van der Waals surface area contributed by atoms with Gasteiger partial charge >= 0.3 is 0 Å². The normalized spacial score (nSPS) is 22.2. The van der Waals surface area contributed by atoms with Gasteiger partial charge in [0, 0.05) is 16.4 Å². The van der Waals surface area contributed by atoms with E-state index >= 15 is 0 Å². The first-order valence-electron chi connectivity index (χ1n) is 7.01. The van der Waals surface area contributed by atoms with Crippen molar-refractivity contribution in [1.82, 2.24) is 0 Å². The van der Waals surface area contributed by atoms with E-state index in [2.05, 4.69) is 65.8 Å².